The topological polar surface area (TPSA) is 59.8 Å². The van der Waals surface area contributed by atoms with Crippen LogP contribution in [0.25, 0.3) is 16.4 Å². The molecule has 0 atom stereocenters. The Morgan fingerprint density at radius 1 is 1.24 bits per heavy atom. The summed E-state index contributed by atoms with van der Waals surface area (Å²) in [5.74, 6) is 0.192. The van der Waals surface area contributed by atoms with Crippen molar-refractivity contribution in [2.75, 3.05) is 26.2 Å². The summed E-state index contributed by atoms with van der Waals surface area (Å²) >= 11 is 6.96. The van der Waals surface area contributed by atoms with E-state index in [1.807, 2.05) is 12.1 Å². The maximum Gasteiger partial charge on any atom is 0.396 e. The monoisotopic (exact) mass is 431 g/mol. The molecule has 0 N–H and O–H groups in total. The Hall–Kier alpha value is -2.41. The second-order valence-corrected chi connectivity index (χ2v) is 7.79. The quantitative estimate of drug-likeness (QED) is 0.347. The first kappa shape index (κ1) is 21.3. The molecule has 0 saturated carbocycles. The number of carbonyl (C=O) groups excluding carboxylic acids is 1. The zero-order valence-corrected chi connectivity index (χ0v) is 17.9. The van der Waals surface area contributed by atoms with Crippen LogP contribution in [0.15, 0.2) is 51.7 Å². The highest BCUT2D eigenvalue weighted by atomic mass is 35.5. The van der Waals surface area contributed by atoms with Gasteiger partial charge in [-0.1, -0.05) is 55.0 Å². The number of benzene rings is 2. The number of ether oxygens (including phenoxy) is 1. The van der Waals surface area contributed by atoms with Crippen LogP contribution in [0.5, 0.6) is 5.75 Å². The molecule has 0 fully saturated rings. The summed E-state index contributed by atoms with van der Waals surface area (Å²) < 4.78 is 11.7. The number of ketones is 1. The largest absolute Gasteiger partial charge is 0.491 e. The van der Waals surface area contributed by atoms with Gasteiger partial charge >= 0.3 is 4.94 Å². The van der Waals surface area contributed by atoms with E-state index in [-0.39, 0.29) is 5.78 Å². The summed E-state index contributed by atoms with van der Waals surface area (Å²) in [6.07, 6.45) is 3.18. The molecule has 5 nitrogen and oxygen atoms in total. The van der Waals surface area contributed by atoms with Crippen molar-refractivity contribution in [2.24, 2.45) is 0 Å². The van der Waals surface area contributed by atoms with Crippen molar-refractivity contribution in [2.45, 2.75) is 13.8 Å². The lowest BCUT2D eigenvalue weighted by Crippen LogP contribution is -2.28. The lowest BCUT2D eigenvalue weighted by Gasteiger charge is -2.18. The van der Waals surface area contributed by atoms with Crippen molar-refractivity contribution in [1.29, 1.82) is 0 Å². The van der Waals surface area contributed by atoms with Crippen molar-refractivity contribution in [3.63, 3.8) is 0 Å². The van der Waals surface area contributed by atoms with Gasteiger partial charge in [-0.05, 0) is 42.9 Å². The summed E-state index contributed by atoms with van der Waals surface area (Å²) in [5, 5.41) is 0.601. The molecule has 3 rings (SSSR count). The first-order chi connectivity index (χ1) is 14.0. The van der Waals surface area contributed by atoms with E-state index in [4.69, 9.17) is 20.8 Å². The average molecular weight is 432 g/mol. The zero-order chi connectivity index (χ0) is 20.8. The molecule has 3 aromatic rings. The van der Waals surface area contributed by atoms with Gasteiger partial charge in [0.25, 0.3) is 0 Å². The SMILES string of the molecule is CCN(CC)CCOc1cc2oc(=O)sc2cc1C(=O)/C=C/c1cccc(Cl)c1. The van der Waals surface area contributed by atoms with Crippen LogP contribution in [0, 0.1) is 0 Å². The summed E-state index contributed by atoms with van der Waals surface area (Å²) in [6, 6.07) is 10.5. The molecule has 29 heavy (non-hydrogen) atoms. The van der Waals surface area contributed by atoms with Gasteiger partial charge in [-0.25, -0.2) is 4.79 Å². The average Bonchev–Trinajstić information content (AvgIpc) is 3.07. The van der Waals surface area contributed by atoms with Gasteiger partial charge in [-0.15, -0.1) is 0 Å². The number of halogens is 1. The number of allylic oxidation sites excluding steroid dienone is 1. The number of nitrogens with zero attached hydrogens (tertiary/aromatic N) is 1. The lowest BCUT2D eigenvalue weighted by atomic mass is 10.1. The predicted octanol–water partition coefficient (Wildman–Crippen LogP) is 5.12. The van der Waals surface area contributed by atoms with Crippen molar-refractivity contribution >= 4 is 45.1 Å². The van der Waals surface area contributed by atoms with E-state index < -0.39 is 4.94 Å². The molecule has 0 aliphatic carbocycles. The molecule has 0 spiro atoms. The summed E-state index contributed by atoms with van der Waals surface area (Å²) in [7, 11) is 0. The van der Waals surface area contributed by atoms with Crippen LogP contribution < -0.4 is 9.68 Å². The van der Waals surface area contributed by atoms with Gasteiger partial charge < -0.3 is 14.1 Å². The van der Waals surface area contributed by atoms with Crippen LogP contribution in [0.3, 0.4) is 0 Å². The third kappa shape index (κ3) is 5.56. The minimum Gasteiger partial charge on any atom is -0.491 e. The van der Waals surface area contributed by atoms with E-state index >= 15 is 0 Å². The van der Waals surface area contributed by atoms with Crippen LogP contribution in [0.1, 0.15) is 29.8 Å². The van der Waals surface area contributed by atoms with Gasteiger partial charge in [0.2, 0.25) is 0 Å². The summed E-state index contributed by atoms with van der Waals surface area (Å²) in [5.41, 5.74) is 1.64. The van der Waals surface area contributed by atoms with Crippen molar-refractivity contribution in [1.82, 2.24) is 4.90 Å². The normalized spacial score (nSPS) is 11.6. The van der Waals surface area contributed by atoms with E-state index in [9.17, 15) is 9.59 Å². The molecule has 7 heteroatoms. The Kier molecular flexibility index (Phi) is 7.25. The van der Waals surface area contributed by atoms with Crippen LogP contribution in [0.2, 0.25) is 5.02 Å². The molecular formula is C22H22ClNO4S. The highest BCUT2D eigenvalue weighted by Gasteiger charge is 2.15. The minimum atomic E-state index is -0.409. The fourth-order valence-electron chi connectivity index (χ4n) is 2.91. The van der Waals surface area contributed by atoms with Gasteiger partial charge in [0.05, 0.1) is 10.3 Å². The molecule has 0 radical (unpaired) electrons. The third-order valence-electron chi connectivity index (χ3n) is 4.53. The Balaban J connectivity index is 1.87. The summed E-state index contributed by atoms with van der Waals surface area (Å²) in [6.45, 7) is 7.19. The maximum absolute atomic E-state index is 12.9. The third-order valence-corrected chi connectivity index (χ3v) is 5.56. The van der Waals surface area contributed by atoms with Crippen molar-refractivity contribution in [3.8, 4) is 5.75 Å². The fourth-order valence-corrected chi connectivity index (χ4v) is 3.80. The molecule has 152 valence electrons. The van der Waals surface area contributed by atoms with Gasteiger partial charge in [0.1, 0.15) is 12.4 Å². The highest BCUT2D eigenvalue weighted by Crippen LogP contribution is 2.29. The lowest BCUT2D eigenvalue weighted by molar-refractivity contribution is 0.104. The number of hydrogen-bond acceptors (Lipinski definition) is 6. The zero-order valence-electron chi connectivity index (χ0n) is 16.3. The van der Waals surface area contributed by atoms with E-state index in [0.29, 0.717) is 33.2 Å². The number of likely N-dealkylation sites (N-methyl/N-ethyl adjacent to an activating group) is 1. The first-order valence-corrected chi connectivity index (χ1v) is 10.6. The van der Waals surface area contributed by atoms with Crippen molar-refractivity contribution < 1.29 is 13.9 Å². The molecule has 2 aromatic carbocycles. The number of hydrogen-bond donors (Lipinski definition) is 0. The molecule has 0 bridgehead atoms. The number of fused-ring (bicyclic) bond motifs is 1. The Labute approximate surface area is 178 Å². The molecule has 1 heterocycles. The molecular weight excluding hydrogens is 410 g/mol. The van der Waals surface area contributed by atoms with Gasteiger partial charge in [0, 0.05) is 17.6 Å². The maximum atomic E-state index is 12.9. The molecule has 0 saturated heterocycles. The van der Waals surface area contributed by atoms with Crippen LogP contribution in [-0.4, -0.2) is 36.9 Å². The second kappa shape index (κ2) is 9.87. The standard InChI is InChI=1S/C22H22ClNO4S/c1-3-24(4-2)10-11-27-19-14-20-21(29-22(26)28-20)13-17(19)18(25)9-8-15-6-5-7-16(23)12-15/h5-9,12-14H,3-4,10-11H2,1-2H3/b9-8+. The smallest absolute Gasteiger partial charge is 0.396 e. The van der Waals surface area contributed by atoms with E-state index in [1.165, 1.54) is 6.08 Å². The molecule has 0 aliphatic heterocycles. The number of rotatable bonds is 9. The molecule has 1 aromatic heterocycles. The predicted molar refractivity (Wildman–Crippen MR) is 118 cm³/mol. The molecule has 0 amide bonds. The minimum absolute atomic E-state index is 0.217. The van der Waals surface area contributed by atoms with E-state index in [0.717, 1.165) is 36.5 Å². The van der Waals surface area contributed by atoms with E-state index in [1.54, 1.807) is 30.3 Å². The van der Waals surface area contributed by atoms with Crippen molar-refractivity contribution in [3.05, 3.63) is 68.4 Å². The Morgan fingerprint density at radius 3 is 2.76 bits per heavy atom. The van der Waals surface area contributed by atoms with Crippen LogP contribution in [0.4, 0.5) is 0 Å². The van der Waals surface area contributed by atoms with Gasteiger partial charge in [0.15, 0.2) is 11.4 Å². The molecule has 0 unspecified atom stereocenters. The fraction of sp³-hybridized carbons (Fsp3) is 0.273. The van der Waals surface area contributed by atoms with Gasteiger partial charge in [-0.2, -0.15) is 0 Å². The Bertz CT molecular complexity index is 1080. The summed E-state index contributed by atoms with van der Waals surface area (Å²) in [4.78, 5) is 26.3. The van der Waals surface area contributed by atoms with Crippen LogP contribution >= 0.6 is 22.9 Å². The van der Waals surface area contributed by atoms with Crippen LogP contribution in [-0.2, 0) is 0 Å². The first-order valence-electron chi connectivity index (χ1n) is 9.41. The molecule has 0 aliphatic rings. The number of carbonyl (C=O) groups is 1. The highest BCUT2D eigenvalue weighted by molar-refractivity contribution is 7.16. The van der Waals surface area contributed by atoms with Gasteiger partial charge in [-0.3, -0.25) is 4.79 Å². The second-order valence-electron chi connectivity index (χ2n) is 6.38. The Morgan fingerprint density at radius 2 is 2.03 bits per heavy atom. The van der Waals surface area contributed by atoms with E-state index in [2.05, 4.69) is 18.7 Å².